The van der Waals surface area contributed by atoms with E-state index in [-0.39, 0.29) is 26.4 Å². The van der Waals surface area contributed by atoms with Crippen molar-refractivity contribution in [1.82, 2.24) is 8.61 Å². The van der Waals surface area contributed by atoms with Gasteiger partial charge in [-0.15, -0.1) is 0 Å². The highest BCUT2D eigenvalue weighted by molar-refractivity contribution is 9.08. The highest BCUT2D eigenvalue weighted by Crippen LogP contribution is 2.26. The van der Waals surface area contributed by atoms with Crippen LogP contribution in [0.4, 0.5) is 0 Å². The molecule has 0 aliphatic heterocycles. The molecule has 7 nitrogen and oxygen atoms in total. The van der Waals surface area contributed by atoms with Crippen LogP contribution in [0, 0.1) is 0 Å². The van der Waals surface area contributed by atoms with E-state index in [2.05, 4.69) is 15.9 Å². The smallest absolute Gasteiger partial charge is 0.244 e. The predicted octanol–water partition coefficient (Wildman–Crippen LogP) is 3.57. The zero-order chi connectivity index (χ0) is 23.3. The number of hydrogen-bond donors (Lipinski definition) is 1. The summed E-state index contributed by atoms with van der Waals surface area (Å²) in [5.74, 6) is 0. The molecule has 1 N–H and O–H groups in total. The third kappa shape index (κ3) is 6.64. The second kappa shape index (κ2) is 11.2. The summed E-state index contributed by atoms with van der Waals surface area (Å²) < 4.78 is 49.3. The van der Waals surface area contributed by atoms with Crippen molar-refractivity contribution < 1.29 is 21.9 Å². The summed E-state index contributed by atoms with van der Waals surface area (Å²) in [6.07, 6.45) is 0. The van der Waals surface area contributed by atoms with E-state index in [1.165, 1.54) is 52.5 Å². The molecular formula is C18H23BrCl2N2O5S2. The number of alkyl halides is 1. The average Bonchev–Trinajstić information content (AvgIpc) is 2.67. The minimum absolute atomic E-state index is 0.0476. The first kappa shape index (κ1) is 27.3. The molecule has 0 amide bonds. The Balaban J connectivity index is 0.000000300. The van der Waals surface area contributed by atoms with Gasteiger partial charge in [0.05, 0.1) is 16.7 Å². The molecule has 2 rings (SSSR count). The lowest BCUT2D eigenvalue weighted by Crippen LogP contribution is -2.22. The van der Waals surface area contributed by atoms with Crippen molar-refractivity contribution in [2.45, 2.75) is 21.7 Å². The molecule has 0 aliphatic carbocycles. The maximum absolute atomic E-state index is 11.8. The first-order valence-corrected chi connectivity index (χ1v) is 13.1. The Morgan fingerprint density at radius 2 is 1.17 bits per heavy atom. The summed E-state index contributed by atoms with van der Waals surface area (Å²) in [6.45, 7) is -0.165. The van der Waals surface area contributed by atoms with E-state index in [9.17, 15) is 16.8 Å². The van der Waals surface area contributed by atoms with E-state index in [1.54, 1.807) is 12.1 Å². The molecule has 0 aromatic heterocycles. The Morgan fingerprint density at radius 3 is 1.47 bits per heavy atom. The van der Waals surface area contributed by atoms with Crippen molar-refractivity contribution in [2.24, 2.45) is 0 Å². The summed E-state index contributed by atoms with van der Waals surface area (Å²) in [6, 6.07) is 9.27. The second-order valence-electron chi connectivity index (χ2n) is 6.40. The van der Waals surface area contributed by atoms with Crippen LogP contribution in [-0.2, 0) is 32.0 Å². The minimum atomic E-state index is -3.51. The molecule has 0 radical (unpaired) electrons. The van der Waals surface area contributed by atoms with Gasteiger partial charge in [-0.3, -0.25) is 0 Å². The van der Waals surface area contributed by atoms with Gasteiger partial charge in [0.15, 0.2) is 0 Å². The van der Waals surface area contributed by atoms with Gasteiger partial charge < -0.3 is 5.11 Å². The molecule has 2 aromatic carbocycles. The highest BCUT2D eigenvalue weighted by atomic mass is 79.9. The van der Waals surface area contributed by atoms with Crippen molar-refractivity contribution in [1.29, 1.82) is 0 Å². The minimum Gasteiger partial charge on any atom is -0.392 e. The van der Waals surface area contributed by atoms with E-state index >= 15 is 0 Å². The lowest BCUT2D eigenvalue weighted by atomic mass is 10.2. The highest BCUT2D eigenvalue weighted by Gasteiger charge is 2.21. The molecule has 0 fully saturated rings. The van der Waals surface area contributed by atoms with Gasteiger partial charge in [0.25, 0.3) is 0 Å². The van der Waals surface area contributed by atoms with Crippen molar-refractivity contribution >= 4 is 59.2 Å². The summed E-state index contributed by atoms with van der Waals surface area (Å²) >= 11 is 15.0. The fraction of sp³-hybridized carbons (Fsp3) is 0.333. The lowest BCUT2D eigenvalue weighted by molar-refractivity contribution is 0.282. The molecule has 168 valence electrons. The molecule has 0 saturated heterocycles. The van der Waals surface area contributed by atoms with Gasteiger partial charge in [-0.25, -0.2) is 25.4 Å². The topological polar surface area (TPSA) is 95.0 Å². The standard InChI is InChI=1S/C9H11BrClNO2S.C9H12ClNO3S/c1-12(2)15(13,14)9-4-3-7(6-10)5-8(9)11;1-11(2)15(13,14)9-4-3-7(6-12)5-8(9)10/h3-5H,6H2,1-2H3;3-5,12H,6H2,1-2H3. The van der Waals surface area contributed by atoms with Crippen LogP contribution < -0.4 is 0 Å². The fourth-order valence-corrected chi connectivity index (χ4v) is 5.30. The van der Waals surface area contributed by atoms with Crippen LogP contribution in [0.25, 0.3) is 0 Å². The maximum atomic E-state index is 11.8. The number of benzene rings is 2. The van der Waals surface area contributed by atoms with Crippen LogP contribution in [0.3, 0.4) is 0 Å². The molecule has 0 aliphatic rings. The van der Waals surface area contributed by atoms with Gasteiger partial charge in [0, 0.05) is 33.5 Å². The van der Waals surface area contributed by atoms with E-state index in [4.69, 9.17) is 28.3 Å². The van der Waals surface area contributed by atoms with E-state index in [1.807, 2.05) is 0 Å². The monoisotopic (exact) mass is 560 g/mol. The molecule has 30 heavy (non-hydrogen) atoms. The van der Waals surface area contributed by atoms with Crippen molar-refractivity contribution in [3.05, 3.63) is 57.6 Å². The summed E-state index contributed by atoms with van der Waals surface area (Å²) in [5.41, 5.74) is 1.52. The number of aliphatic hydroxyl groups is 1. The zero-order valence-electron chi connectivity index (χ0n) is 16.8. The van der Waals surface area contributed by atoms with Crippen molar-refractivity contribution in [3.8, 4) is 0 Å². The first-order chi connectivity index (χ1) is 13.8. The van der Waals surface area contributed by atoms with Gasteiger partial charge in [0.2, 0.25) is 20.0 Å². The summed E-state index contributed by atoms with van der Waals surface area (Å²) in [4.78, 5) is 0.185. The molecule has 12 heteroatoms. The Morgan fingerprint density at radius 1 is 0.800 bits per heavy atom. The van der Waals surface area contributed by atoms with E-state index in [0.717, 1.165) is 14.2 Å². The Labute approximate surface area is 196 Å². The second-order valence-corrected chi connectivity index (χ2v) is 12.0. The number of halogens is 3. The average molecular weight is 562 g/mol. The molecular weight excluding hydrogens is 539 g/mol. The van der Waals surface area contributed by atoms with Gasteiger partial charge in [-0.2, -0.15) is 0 Å². The van der Waals surface area contributed by atoms with Crippen LogP contribution in [0.1, 0.15) is 11.1 Å². The lowest BCUT2D eigenvalue weighted by Gasteiger charge is -2.12. The molecule has 0 heterocycles. The van der Waals surface area contributed by atoms with Crippen molar-refractivity contribution in [3.63, 3.8) is 0 Å². The largest absolute Gasteiger partial charge is 0.392 e. The van der Waals surface area contributed by atoms with Gasteiger partial charge in [-0.1, -0.05) is 51.3 Å². The van der Waals surface area contributed by atoms with Crippen molar-refractivity contribution in [2.75, 3.05) is 28.2 Å². The molecule has 0 bridgehead atoms. The third-order valence-corrected chi connectivity index (χ3v) is 9.09. The molecule has 0 unspecified atom stereocenters. The quantitative estimate of drug-likeness (QED) is 0.544. The van der Waals surface area contributed by atoms with Gasteiger partial charge in [0.1, 0.15) is 9.79 Å². The Bertz CT molecular complexity index is 1000. The van der Waals surface area contributed by atoms with E-state index in [0.29, 0.717) is 10.9 Å². The van der Waals surface area contributed by atoms with Crippen LogP contribution in [-0.4, -0.2) is 58.7 Å². The predicted molar refractivity (Wildman–Crippen MR) is 123 cm³/mol. The zero-order valence-corrected chi connectivity index (χ0v) is 21.5. The molecule has 0 saturated carbocycles. The van der Waals surface area contributed by atoms with Gasteiger partial charge in [-0.05, 0) is 35.4 Å². The Hall–Kier alpha value is -0.720. The number of sulfonamides is 2. The third-order valence-electron chi connectivity index (χ3n) is 3.85. The normalized spacial score (nSPS) is 12.1. The van der Waals surface area contributed by atoms with Crippen LogP contribution >= 0.6 is 39.1 Å². The molecule has 0 atom stereocenters. The van der Waals surface area contributed by atoms with Crippen LogP contribution in [0.2, 0.25) is 10.0 Å². The number of hydrogen-bond acceptors (Lipinski definition) is 5. The first-order valence-electron chi connectivity index (χ1n) is 8.37. The number of rotatable bonds is 6. The van der Waals surface area contributed by atoms with Crippen LogP contribution in [0.15, 0.2) is 46.2 Å². The summed E-state index contributed by atoms with van der Waals surface area (Å²) in [5, 5.41) is 9.87. The molecule has 2 aromatic rings. The maximum Gasteiger partial charge on any atom is 0.244 e. The van der Waals surface area contributed by atoms with E-state index < -0.39 is 20.0 Å². The number of aliphatic hydroxyl groups excluding tert-OH is 1. The SMILES string of the molecule is CN(C)S(=O)(=O)c1ccc(CBr)cc1Cl.CN(C)S(=O)(=O)c1ccc(CO)cc1Cl. The van der Waals surface area contributed by atoms with Crippen LogP contribution in [0.5, 0.6) is 0 Å². The van der Waals surface area contributed by atoms with Gasteiger partial charge >= 0.3 is 0 Å². The number of nitrogens with zero attached hydrogens (tertiary/aromatic N) is 2. The summed E-state index contributed by atoms with van der Waals surface area (Å²) in [7, 11) is -1.13. The Kier molecular flexibility index (Phi) is 10.2. The molecule has 0 spiro atoms. The fourth-order valence-electron chi connectivity index (χ4n) is 2.08.